The Hall–Kier alpha value is -1.22. The predicted molar refractivity (Wildman–Crippen MR) is 99.9 cm³/mol. The predicted octanol–water partition coefficient (Wildman–Crippen LogP) is -2.63. The topological polar surface area (TPSA) is 182 Å². The molecule has 0 saturated carbocycles. The van der Waals surface area contributed by atoms with E-state index in [1.165, 1.54) is 23.6 Å². The minimum atomic E-state index is -3.80. The molecule has 3 aliphatic rings. The zero-order valence-electron chi connectivity index (χ0n) is 15.1. The Kier molecular flexibility index (Phi) is 6.06. The monoisotopic (exact) mass is 436 g/mol. The molecule has 0 aromatic rings. The summed E-state index contributed by atoms with van der Waals surface area (Å²) in [5.41, 5.74) is -0.137. The number of thioether (sulfide) groups is 1. The summed E-state index contributed by atoms with van der Waals surface area (Å²) in [6, 6.07) is -0.733. The Balaban J connectivity index is 1.75. The summed E-state index contributed by atoms with van der Waals surface area (Å²) < 4.78 is 24.3. The van der Waals surface area contributed by atoms with E-state index in [1.807, 2.05) is 0 Å². The van der Waals surface area contributed by atoms with E-state index in [0.29, 0.717) is 17.9 Å². The fraction of sp³-hybridized carbons (Fsp3) is 0.733. The molecule has 0 aliphatic carbocycles. The summed E-state index contributed by atoms with van der Waals surface area (Å²) in [5, 5.41) is 37.4. The SMILES string of the molecule is C[C@@H](O)[C@H]1C(=O)N2C(C(=O)O)=C(S[C@@H]3CN[C@H](CNS(N)(=O)=O)C3)[C@H](CO)[C@H]12. The van der Waals surface area contributed by atoms with Crippen molar-refractivity contribution in [3.63, 3.8) is 0 Å². The lowest BCUT2D eigenvalue weighted by molar-refractivity contribution is -0.164. The van der Waals surface area contributed by atoms with E-state index in [0.717, 1.165) is 0 Å². The van der Waals surface area contributed by atoms with Gasteiger partial charge in [-0.05, 0) is 13.3 Å². The van der Waals surface area contributed by atoms with Crippen LogP contribution in [0.25, 0.3) is 0 Å². The molecule has 11 nitrogen and oxygen atoms in total. The molecule has 1 amide bonds. The number of aliphatic hydroxyl groups excluding tert-OH is 2. The highest BCUT2D eigenvalue weighted by molar-refractivity contribution is 8.03. The second kappa shape index (κ2) is 7.89. The summed E-state index contributed by atoms with van der Waals surface area (Å²) in [5.74, 6) is -3.02. The number of carbonyl (C=O) groups is 2. The third-order valence-corrected chi connectivity index (χ3v) is 7.35. The second-order valence-electron chi connectivity index (χ2n) is 7.25. The summed E-state index contributed by atoms with van der Waals surface area (Å²) >= 11 is 1.28. The van der Waals surface area contributed by atoms with Crippen LogP contribution < -0.4 is 15.2 Å². The normalized spacial score (nSPS) is 33.8. The maximum Gasteiger partial charge on any atom is 0.353 e. The van der Waals surface area contributed by atoms with Gasteiger partial charge in [0.25, 0.3) is 10.2 Å². The zero-order valence-corrected chi connectivity index (χ0v) is 16.7. The molecular formula is C15H24N4O7S2. The highest BCUT2D eigenvalue weighted by Crippen LogP contribution is 2.51. The maximum atomic E-state index is 12.4. The van der Waals surface area contributed by atoms with Gasteiger partial charge in [-0.15, -0.1) is 11.8 Å². The van der Waals surface area contributed by atoms with E-state index in [9.17, 15) is 33.3 Å². The van der Waals surface area contributed by atoms with E-state index in [-0.39, 0.29) is 30.1 Å². The van der Waals surface area contributed by atoms with E-state index < -0.39 is 46.1 Å². The first-order chi connectivity index (χ1) is 13.0. The highest BCUT2D eigenvalue weighted by Gasteiger charge is 2.61. The number of aliphatic hydroxyl groups is 2. The number of aliphatic carboxylic acids is 1. The minimum Gasteiger partial charge on any atom is -0.477 e. The molecular weight excluding hydrogens is 412 g/mol. The number of hydrogen-bond acceptors (Lipinski definition) is 8. The van der Waals surface area contributed by atoms with Gasteiger partial charge in [-0.3, -0.25) is 4.79 Å². The molecule has 0 bridgehead atoms. The van der Waals surface area contributed by atoms with Gasteiger partial charge in [0.05, 0.1) is 24.7 Å². The van der Waals surface area contributed by atoms with Crippen molar-refractivity contribution >= 4 is 33.8 Å². The number of carboxylic acids is 1. The molecule has 3 rings (SSSR count). The summed E-state index contributed by atoms with van der Waals surface area (Å²) in [6.07, 6.45) is -0.385. The molecule has 3 heterocycles. The molecule has 0 aromatic carbocycles. The van der Waals surface area contributed by atoms with Crippen LogP contribution in [0.4, 0.5) is 0 Å². The highest BCUT2D eigenvalue weighted by atomic mass is 32.2. The Labute approximate surface area is 166 Å². The number of β-lactam (4-membered cyclic amide) rings is 1. The summed E-state index contributed by atoms with van der Waals surface area (Å²) in [4.78, 5) is 25.8. The first kappa shape index (κ1) is 21.5. The standard InChI is InChI=1S/C15H24N4O7S2/c1-6(21)10-11-9(5-20)13(12(15(23)24)19(11)14(10)22)27-8-2-7(17-4-8)3-18-28(16,25)26/h6-11,17-18,20-21H,2-5H2,1H3,(H,23,24)(H2,16,25,26)/t6-,7+,8+,9-,10-,11-/m1/s1. The molecule has 0 unspecified atom stereocenters. The number of rotatable bonds is 8. The first-order valence-corrected chi connectivity index (χ1v) is 11.2. The van der Waals surface area contributed by atoms with Crippen molar-refractivity contribution in [1.82, 2.24) is 14.9 Å². The van der Waals surface area contributed by atoms with Crippen LogP contribution in [0.1, 0.15) is 13.3 Å². The zero-order chi connectivity index (χ0) is 20.8. The third kappa shape index (κ3) is 3.92. The molecule has 2 fully saturated rings. The Bertz CT molecular complexity index is 800. The van der Waals surface area contributed by atoms with Gasteiger partial charge in [0.15, 0.2) is 0 Å². The lowest BCUT2D eigenvalue weighted by Gasteiger charge is -2.46. The molecule has 158 valence electrons. The quantitative estimate of drug-likeness (QED) is 0.222. The van der Waals surface area contributed by atoms with E-state index in [2.05, 4.69) is 10.0 Å². The fourth-order valence-corrected chi connectivity index (χ4v) is 6.12. The molecule has 0 radical (unpaired) electrons. The van der Waals surface area contributed by atoms with Crippen LogP contribution in [0.3, 0.4) is 0 Å². The number of fused-ring (bicyclic) bond motifs is 1. The van der Waals surface area contributed by atoms with E-state index >= 15 is 0 Å². The molecule has 0 spiro atoms. The maximum absolute atomic E-state index is 12.4. The van der Waals surface area contributed by atoms with E-state index in [4.69, 9.17) is 5.14 Å². The fourth-order valence-electron chi connectivity index (χ4n) is 4.13. The number of carboxylic acid groups (broad SMARTS) is 1. The van der Waals surface area contributed by atoms with Crippen LogP contribution in [0.5, 0.6) is 0 Å². The molecule has 6 atom stereocenters. The van der Waals surface area contributed by atoms with Gasteiger partial charge in [-0.1, -0.05) is 0 Å². The molecule has 2 saturated heterocycles. The third-order valence-electron chi connectivity index (χ3n) is 5.34. The Morgan fingerprint density at radius 2 is 2.18 bits per heavy atom. The number of nitrogens with two attached hydrogens (primary N) is 1. The van der Waals surface area contributed by atoms with Gasteiger partial charge in [-0.2, -0.15) is 8.42 Å². The van der Waals surface area contributed by atoms with Crippen LogP contribution in [0.2, 0.25) is 0 Å². The van der Waals surface area contributed by atoms with Gasteiger partial charge in [0, 0.05) is 35.2 Å². The van der Waals surface area contributed by atoms with Crippen molar-refractivity contribution in [2.75, 3.05) is 19.7 Å². The average Bonchev–Trinajstić information content (AvgIpc) is 3.13. The number of amides is 1. The molecule has 3 aliphatic heterocycles. The second-order valence-corrected chi connectivity index (χ2v) is 9.97. The van der Waals surface area contributed by atoms with Crippen molar-refractivity contribution in [3.8, 4) is 0 Å². The van der Waals surface area contributed by atoms with Crippen LogP contribution in [-0.2, 0) is 19.8 Å². The Morgan fingerprint density at radius 3 is 2.71 bits per heavy atom. The van der Waals surface area contributed by atoms with Crippen LogP contribution in [0, 0.1) is 11.8 Å². The molecule has 0 aromatic heterocycles. The molecule has 7 N–H and O–H groups in total. The van der Waals surface area contributed by atoms with Crippen LogP contribution >= 0.6 is 11.8 Å². The molecule has 13 heteroatoms. The molecule has 28 heavy (non-hydrogen) atoms. The van der Waals surface area contributed by atoms with Gasteiger partial charge in [-0.25, -0.2) is 14.7 Å². The van der Waals surface area contributed by atoms with Crippen LogP contribution in [0.15, 0.2) is 10.6 Å². The largest absolute Gasteiger partial charge is 0.477 e. The smallest absolute Gasteiger partial charge is 0.353 e. The number of nitrogens with zero attached hydrogens (tertiary/aromatic N) is 1. The number of nitrogens with one attached hydrogen (secondary N) is 2. The Morgan fingerprint density at radius 1 is 1.50 bits per heavy atom. The van der Waals surface area contributed by atoms with Crippen molar-refractivity contribution in [1.29, 1.82) is 0 Å². The van der Waals surface area contributed by atoms with Crippen LogP contribution in [-0.4, -0.2) is 83.6 Å². The average molecular weight is 437 g/mol. The lowest BCUT2D eigenvalue weighted by Crippen LogP contribution is -2.64. The summed E-state index contributed by atoms with van der Waals surface area (Å²) in [7, 11) is -3.80. The van der Waals surface area contributed by atoms with Gasteiger partial charge in [0.2, 0.25) is 5.91 Å². The summed E-state index contributed by atoms with van der Waals surface area (Å²) in [6.45, 7) is 1.76. The van der Waals surface area contributed by atoms with Crippen molar-refractivity contribution in [2.24, 2.45) is 17.0 Å². The van der Waals surface area contributed by atoms with Crippen molar-refractivity contribution in [2.45, 2.75) is 36.8 Å². The van der Waals surface area contributed by atoms with E-state index in [1.54, 1.807) is 0 Å². The van der Waals surface area contributed by atoms with Crippen molar-refractivity contribution < 1.29 is 33.3 Å². The number of hydrogen-bond donors (Lipinski definition) is 6. The van der Waals surface area contributed by atoms with Gasteiger partial charge >= 0.3 is 5.97 Å². The lowest BCUT2D eigenvalue weighted by atomic mass is 9.79. The minimum absolute atomic E-state index is 0.0653. The van der Waals surface area contributed by atoms with Crippen molar-refractivity contribution in [3.05, 3.63) is 10.6 Å². The van der Waals surface area contributed by atoms with Gasteiger partial charge in [0.1, 0.15) is 5.70 Å². The first-order valence-electron chi connectivity index (χ1n) is 8.82. The van der Waals surface area contributed by atoms with Gasteiger partial charge < -0.3 is 25.5 Å². The number of carbonyl (C=O) groups excluding carboxylic acids is 1.